The molecule has 0 spiro atoms. The fraction of sp³-hybridized carbons (Fsp3) is 0. The molecule has 0 aliphatic rings. The SMILES string of the molecule is N#Cc1ccc2c(c1)c1ccccc1n2-c1ccc(-c2cc(-c3ccccc3-n3c4ccccc4c4cc(C#N)ccc43)ccc2C#N)cc1. The molecule has 0 fully saturated rings. The van der Waals surface area contributed by atoms with Crippen LogP contribution in [0.5, 0.6) is 0 Å². The van der Waals surface area contributed by atoms with Gasteiger partial charge < -0.3 is 9.13 Å². The minimum atomic E-state index is 0.598. The van der Waals surface area contributed by atoms with Crippen molar-refractivity contribution in [2.45, 2.75) is 0 Å². The van der Waals surface area contributed by atoms with Gasteiger partial charge in [-0.1, -0.05) is 72.8 Å². The number of hydrogen-bond acceptors (Lipinski definition) is 3. The Balaban J connectivity index is 1.18. The quantitative estimate of drug-likeness (QED) is 0.193. The predicted octanol–water partition coefficient (Wildman–Crippen LogP) is 10.8. The number of nitrogens with zero attached hydrogens (tertiary/aromatic N) is 5. The third kappa shape index (κ3) is 4.38. The van der Waals surface area contributed by atoms with Gasteiger partial charge in [0.15, 0.2) is 0 Å². The molecular formula is C45H25N5. The maximum absolute atomic E-state index is 10.2. The van der Waals surface area contributed by atoms with Crippen molar-refractivity contribution in [2.24, 2.45) is 0 Å². The first-order valence-corrected chi connectivity index (χ1v) is 16.3. The van der Waals surface area contributed by atoms with Crippen molar-refractivity contribution >= 4 is 43.6 Å². The number of para-hydroxylation sites is 3. The molecule has 0 bridgehead atoms. The van der Waals surface area contributed by atoms with Crippen LogP contribution in [0.4, 0.5) is 0 Å². The second kappa shape index (κ2) is 11.4. The molecule has 0 saturated heterocycles. The van der Waals surface area contributed by atoms with E-state index in [1.54, 1.807) is 0 Å². The van der Waals surface area contributed by atoms with Crippen molar-refractivity contribution in [3.05, 3.63) is 168 Å². The Hall–Kier alpha value is -7.39. The monoisotopic (exact) mass is 635 g/mol. The van der Waals surface area contributed by atoms with E-state index >= 15 is 0 Å². The normalized spacial score (nSPS) is 11.1. The van der Waals surface area contributed by atoms with E-state index in [1.165, 1.54) is 0 Å². The molecule has 50 heavy (non-hydrogen) atoms. The van der Waals surface area contributed by atoms with E-state index in [1.807, 2.05) is 84.9 Å². The zero-order chi connectivity index (χ0) is 33.8. The fourth-order valence-corrected chi connectivity index (χ4v) is 7.37. The van der Waals surface area contributed by atoms with E-state index in [0.717, 1.165) is 77.2 Å². The molecule has 7 aromatic carbocycles. The Bertz CT molecular complexity index is 2960. The van der Waals surface area contributed by atoms with Gasteiger partial charge in [-0.2, -0.15) is 15.8 Å². The number of benzene rings is 7. The molecular weight excluding hydrogens is 611 g/mol. The zero-order valence-corrected chi connectivity index (χ0v) is 26.7. The van der Waals surface area contributed by atoms with Crippen LogP contribution in [-0.4, -0.2) is 9.13 Å². The van der Waals surface area contributed by atoms with Crippen LogP contribution in [0.2, 0.25) is 0 Å². The molecule has 0 N–H and O–H groups in total. The summed E-state index contributed by atoms with van der Waals surface area (Å²) in [5.74, 6) is 0. The lowest BCUT2D eigenvalue weighted by Crippen LogP contribution is -1.98. The number of rotatable bonds is 4. The highest BCUT2D eigenvalue weighted by molar-refractivity contribution is 6.11. The standard InChI is InChI=1S/C45H25N5/c46-26-29-13-21-44-39(23-29)36-8-2-5-11-42(36)49(44)34-19-17-31(18-20-34)38-25-32(15-16-33(38)28-48)35-7-1-4-10-41(35)50-43-12-6-3-9-37(43)40-24-30(27-47)14-22-45(40)50/h1-25H. The molecule has 0 atom stereocenters. The summed E-state index contributed by atoms with van der Waals surface area (Å²) >= 11 is 0. The first-order valence-electron chi connectivity index (χ1n) is 16.3. The Morgan fingerprint density at radius 1 is 0.380 bits per heavy atom. The molecule has 5 nitrogen and oxygen atoms in total. The zero-order valence-electron chi connectivity index (χ0n) is 26.7. The minimum Gasteiger partial charge on any atom is -0.309 e. The van der Waals surface area contributed by atoms with E-state index in [9.17, 15) is 15.8 Å². The van der Waals surface area contributed by atoms with Gasteiger partial charge in [-0.05, 0) is 90.0 Å². The van der Waals surface area contributed by atoms with Crippen LogP contribution in [0.3, 0.4) is 0 Å². The fourth-order valence-electron chi connectivity index (χ4n) is 7.37. The van der Waals surface area contributed by atoms with Crippen molar-refractivity contribution in [3.63, 3.8) is 0 Å². The molecule has 0 unspecified atom stereocenters. The van der Waals surface area contributed by atoms with E-state index < -0.39 is 0 Å². The Labute approximate surface area is 287 Å². The van der Waals surface area contributed by atoms with Gasteiger partial charge in [-0.15, -0.1) is 0 Å². The van der Waals surface area contributed by atoms with Crippen LogP contribution in [0.15, 0.2) is 152 Å². The minimum absolute atomic E-state index is 0.598. The molecule has 9 aromatic rings. The average molecular weight is 636 g/mol. The Morgan fingerprint density at radius 2 is 0.920 bits per heavy atom. The Kier molecular flexibility index (Phi) is 6.56. The highest BCUT2D eigenvalue weighted by Crippen LogP contribution is 2.39. The summed E-state index contributed by atoms with van der Waals surface area (Å²) in [7, 11) is 0. The van der Waals surface area contributed by atoms with E-state index in [4.69, 9.17) is 0 Å². The van der Waals surface area contributed by atoms with E-state index in [-0.39, 0.29) is 0 Å². The van der Waals surface area contributed by atoms with Crippen molar-refractivity contribution < 1.29 is 0 Å². The van der Waals surface area contributed by atoms with Crippen molar-refractivity contribution in [3.8, 4) is 51.8 Å². The lowest BCUT2D eigenvalue weighted by Gasteiger charge is -2.16. The maximum atomic E-state index is 10.2. The summed E-state index contributed by atoms with van der Waals surface area (Å²) in [5, 5.41) is 33.6. The maximum Gasteiger partial charge on any atom is 0.0998 e. The predicted molar refractivity (Wildman–Crippen MR) is 200 cm³/mol. The summed E-state index contributed by atoms with van der Waals surface area (Å²) in [6.45, 7) is 0. The third-order valence-corrected chi connectivity index (χ3v) is 9.64. The van der Waals surface area contributed by atoms with Crippen LogP contribution in [0, 0.1) is 34.0 Å². The van der Waals surface area contributed by atoms with Gasteiger partial charge in [0, 0.05) is 38.4 Å². The lowest BCUT2D eigenvalue weighted by molar-refractivity contribution is 1.18. The van der Waals surface area contributed by atoms with Crippen LogP contribution in [0.1, 0.15) is 16.7 Å². The highest BCUT2D eigenvalue weighted by atomic mass is 15.0. The van der Waals surface area contributed by atoms with E-state index in [0.29, 0.717) is 16.7 Å². The molecule has 2 heterocycles. The van der Waals surface area contributed by atoms with Gasteiger partial charge >= 0.3 is 0 Å². The van der Waals surface area contributed by atoms with Crippen LogP contribution in [0.25, 0.3) is 77.2 Å². The lowest BCUT2D eigenvalue weighted by atomic mass is 9.94. The summed E-state index contributed by atoms with van der Waals surface area (Å²) < 4.78 is 4.48. The van der Waals surface area contributed by atoms with Crippen LogP contribution in [-0.2, 0) is 0 Å². The van der Waals surface area contributed by atoms with Crippen molar-refractivity contribution in [2.75, 3.05) is 0 Å². The molecule has 230 valence electrons. The number of hydrogen-bond donors (Lipinski definition) is 0. The molecule has 0 saturated carbocycles. The van der Waals surface area contributed by atoms with Gasteiger partial charge in [0.05, 0.1) is 62.7 Å². The van der Waals surface area contributed by atoms with Crippen LogP contribution < -0.4 is 0 Å². The van der Waals surface area contributed by atoms with Gasteiger partial charge in [-0.3, -0.25) is 0 Å². The molecule has 0 aliphatic carbocycles. The number of nitriles is 3. The van der Waals surface area contributed by atoms with Crippen molar-refractivity contribution in [1.82, 2.24) is 9.13 Å². The molecule has 0 aliphatic heterocycles. The third-order valence-electron chi connectivity index (χ3n) is 9.64. The molecule has 2 aromatic heterocycles. The second-order valence-electron chi connectivity index (χ2n) is 12.3. The number of aromatic nitrogens is 2. The molecule has 0 radical (unpaired) electrons. The van der Waals surface area contributed by atoms with Crippen molar-refractivity contribution in [1.29, 1.82) is 15.8 Å². The topological polar surface area (TPSA) is 81.2 Å². The van der Waals surface area contributed by atoms with Gasteiger partial charge in [0.2, 0.25) is 0 Å². The largest absolute Gasteiger partial charge is 0.309 e. The number of fused-ring (bicyclic) bond motifs is 6. The van der Waals surface area contributed by atoms with Gasteiger partial charge in [0.1, 0.15) is 0 Å². The summed E-state index contributed by atoms with van der Waals surface area (Å²) in [5.41, 5.74) is 11.9. The summed E-state index contributed by atoms with van der Waals surface area (Å²) in [4.78, 5) is 0. The summed E-state index contributed by atoms with van der Waals surface area (Å²) in [6.07, 6.45) is 0. The molecule has 5 heteroatoms. The smallest absolute Gasteiger partial charge is 0.0998 e. The highest BCUT2D eigenvalue weighted by Gasteiger charge is 2.18. The Morgan fingerprint density at radius 3 is 1.56 bits per heavy atom. The molecule has 0 amide bonds. The van der Waals surface area contributed by atoms with Gasteiger partial charge in [-0.25, -0.2) is 0 Å². The van der Waals surface area contributed by atoms with E-state index in [2.05, 4.69) is 94.1 Å². The first kappa shape index (κ1) is 28.8. The molecule has 9 rings (SSSR count). The first-order chi connectivity index (χ1) is 24.7. The second-order valence-corrected chi connectivity index (χ2v) is 12.3. The van der Waals surface area contributed by atoms with Gasteiger partial charge in [0.25, 0.3) is 0 Å². The van der Waals surface area contributed by atoms with Crippen LogP contribution >= 0.6 is 0 Å². The average Bonchev–Trinajstić information content (AvgIpc) is 3.69. The summed E-state index contributed by atoms with van der Waals surface area (Å²) in [6, 6.07) is 57.9.